The van der Waals surface area contributed by atoms with Crippen LogP contribution in [0.1, 0.15) is 16.2 Å². The molecule has 3 N–H and O–H groups in total. The highest BCUT2D eigenvalue weighted by molar-refractivity contribution is 5.95. The highest BCUT2D eigenvalue weighted by Gasteiger charge is 2.08. The van der Waals surface area contributed by atoms with Crippen molar-refractivity contribution in [1.29, 1.82) is 0 Å². The van der Waals surface area contributed by atoms with Crippen molar-refractivity contribution >= 4 is 16.8 Å². The van der Waals surface area contributed by atoms with E-state index in [2.05, 4.69) is 15.3 Å². The first-order valence-corrected chi connectivity index (χ1v) is 9.26. The van der Waals surface area contributed by atoms with Crippen molar-refractivity contribution in [1.82, 2.24) is 15.3 Å². The van der Waals surface area contributed by atoms with Gasteiger partial charge in [-0.3, -0.25) is 9.59 Å². The Bertz CT molecular complexity index is 1230. The normalized spacial score (nSPS) is 10.8. The number of H-pyrrole nitrogens is 1. The lowest BCUT2D eigenvalue weighted by Crippen LogP contribution is -2.26. The van der Waals surface area contributed by atoms with E-state index in [1.54, 1.807) is 54.6 Å². The maximum absolute atomic E-state index is 12.5. The lowest BCUT2D eigenvalue weighted by Gasteiger charge is -2.08. The van der Waals surface area contributed by atoms with E-state index in [0.29, 0.717) is 35.3 Å². The number of aromatic amines is 1. The van der Waals surface area contributed by atoms with Crippen LogP contribution in [0.2, 0.25) is 0 Å². The summed E-state index contributed by atoms with van der Waals surface area (Å²) in [6.07, 6.45) is 0.420. The van der Waals surface area contributed by atoms with E-state index in [-0.39, 0.29) is 17.2 Å². The molecule has 0 aliphatic heterocycles. The molecule has 144 valence electrons. The molecule has 0 bridgehead atoms. The molecule has 4 aromatic rings. The summed E-state index contributed by atoms with van der Waals surface area (Å²) >= 11 is 0. The molecule has 4 rings (SSSR count). The van der Waals surface area contributed by atoms with E-state index in [1.165, 1.54) is 0 Å². The number of phenols is 1. The number of benzene rings is 3. The van der Waals surface area contributed by atoms with Crippen LogP contribution in [-0.4, -0.2) is 27.5 Å². The quantitative estimate of drug-likeness (QED) is 0.491. The van der Waals surface area contributed by atoms with Crippen LogP contribution in [0.3, 0.4) is 0 Å². The first-order valence-electron chi connectivity index (χ1n) is 9.26. The van der Waals surface area contributed by atoms with E-state index < -0.39 is 0 Å². The average Bonchev–Trinajstić information content (AvgIpc) is 2.74. The molecule has 1 heterocycles. The van der Waals surface area contributed by atoms with Gasteiger partial charge in [-0.05, 0) is 47.5 Å². The number of nitrogens with one attached hydrogen (secondary N) is 2. The van der Waals surface area contributed by atoms with E-state index in [9.17, 15) is 14.7 Å². The van der Waals surface area contributed by atoms with E-state index in [4.69, 9.17) is 0 Å². The summed E-state index contributed by atoms with van der Waals surface area (Å²) in [6, 6.07) is 21.3. The molecule has 6 nitrogen and oxygen atoms in total. The Morgan fingerprint density at radius 1 is 0.966 bits per heavy atom. The molecule has 0 spiro atoms. The molecule has 0 fully saturated rings. The largest absolute Gasteiger partial charge is 0.508 e. The molecule has 3 aromatic carbocycles. The fourth-order valence-electron chi connectivity index (χ4n) is 3.14. The Labute approximate surface area is 166 Å². The predicted molar refractivity (Wildman–Crippen MR) is 112 cm³/mol. The van der Waals surface area contributed by atoms with E-state index >= 15 is 0 Å². The summed E-state index contributed by atoms with van der Waals surface area (Å²) in [6.45, 7) is 0.351. The molecule has 0 unspecified atom stereocenters. The number of para-hydroxylation sites is 1. The van der Waals surface area contributed by atoms with Gasteiger partial charge in [0.25, 0.3) is 11.5 Å². The van der Waals surface area contributed by atoms with E-state index in [0.717, 1.165) is 11.1 Å². The lowest BCUT2D eigenvalue weighted by molar-refractivity contribution is 0.0954. The SMILES string of the molecule is O=C(NCCc1nc2ccccc2c(=O)[nH]1)c1cccc(-c2ccc(O)cc2)c1. The number of aromatic nitrogens is 2. The van der Waals surface area contributed by atoms with Gasteiger partial charge < -0.3 is 15.4 Å². The topological polar surface area (TPSA) is 95.1 Å². The Morgan fingerprint density at radius 3 is 2.59 bits per heavy atom. The number of carbonyl (C=O) groups excluding carboxylic acids is 1. The lowest BCUT2D eigenvalue weighted by atomic mass is 10.0. The molecule has 0 radical (unpaired) electrons. The van der Waals surface area contributed by atoms with Crippen molar-refractivity contribution in [2.45, 2.75) is 6.42 Å². The van der Waals surface area contributed by atoms with Crippen molar-refractivity contribution in [2.75, 3.05) is 6.54 Å². The monoisotopic (exact) mass is 385 g/mol. The molecular weight excluding hydrogens is 366 g/mol. The number of rotatable bonds is 5. The van der Waals surface area contributed by atoms with Crippen molar-refractivity contribution in [2.24, 2.45) is 0 Å². The standard InChI is InChI=1S/C23H19N3O3/c27-18-10-8-15(9-11-18)16-4-3-5-17(14-16)22(28)24-13-12-21-25-20-7-2-1-6-19(20)23(29)26-21/h1-11,14,27H,12-13H2,(H,24,28)(H,25,26,29). The van der Waals surface area contributed by atoms with Gasteiger partial charge >= 0.3 is 0 Å². The first kappa shape index (κ1) is 18.4. The molecule has 1 amide bonds. The summed E-state index contributed by atoms with van der Waals surface area (Å²) in [5.41, 5.74) is 2.79. The fraction of sp³-hybridized carbons (Fsp3) is 0.0870. The Balaban J connectivity index is 1.43. The van der Waals surface area contributed by atoms with Crippen LogP contribution >= 0.6 is 0 Å². The zero-order valence-corrected chi connectivity index (χ0v) is 15.6. The number of aromatic hydroxyl groups is 1. The molecule has 29 heavy (non-hydrogen) atoms. The van der Waals surface area contributed by atoms with Crippen molar-refractivity contribution in [3.05, 3.63) is 94.5 Å². The molecule has 6 heteroatoms. The third-order valence-corrected chi connectivity index (χ3v) is 4.63. The number of hydrogen-bond acceptors (Lipinski definition) is 4. The van der Waals surface area contributed by atoms with Gasteiger partial charge in [0.1, 0.15) is 11.6 Å². The summed E-state index contributed by atoms with van der Waals surface area (Å²) in [4.78, 5) is 31.8. The van der Waals surface area contributed by atoms with Crippen LogP contribution in [0.5, 0.6) is 5.75 Å². The van der Waals surface area contributed by atoms with Gasteiger partial charge in [0, 0.05) is 18.5 Å². The third-order valence-electron chi connectivity index (χ3n) is 4.63. The van der Waals surface area contributed by atoms with E-state index in [1.807, 2.05) is 18.2 Å². The second kappa shape index (κ2) is 7.98. The minimum absolute atomic E-state index is 0.182. The van der Waals surface area contributed by atoms with Crippen molar-refractivity contribution < 1.29 is 9.90 Å². The number of amides is 1. The van der Waals surface area contributed by atoms with Crippen LogP contribution in [0.4, 0.5) is 0 Å². The number of hydrogen-bond donors (Lipinski definition) is 3. The maximum Gasteiger partial charge on any atom is 0.258 e. The number of fused-ring (bicyclic) bond motifs is 1. The van der Waals surface area contributed by atoms with Crippen LogP contribution in [-0.2, 0) is 6.42 Å². The smallest absolute Gasteiger partial charge is 0.258 e. The second-order valence-corrected chi connectivity index (χ2v) is 6.66. The van der Waals surface area contributed by atoms with Gasteiger partial charge in [0.2, 0.25) is 0 Å². The molecule has 0 saturated heterocycles. The minimum atomic E-state index is -0.200. The van der Waals surface area contributed by atoms with Gasteiger partial charge in [-0.1, -0.05) is 36.4 Å². The maximum atomic E-state index is 12.5. The summed E-state index contributed by atoms with van der Waals surface area (Å²) < 4.78 is 0. The summed E-state index contributed by atoms with van der Waals surface area (Å²) in [5, 5.41) is 12.8. The van der Waals surface area contributed by atoms with Crippen LogP contribution in [0, 0.1) is 0 Å². The number of carbonyl (C=O) groups is 1. The highest BCUT2D eigenvalue weighted by Crippen LogP contribution is 2.22. The average molecular weight is 385 g/mol. The Morgan fingerprint density at radius 2 is 1.76 bits per heavy atom. The highest BCUT2D eigenvalue weighted by atomic mass is 16.3. The molecule has 0 atom stereocenters. The predicted octanol–water partition coefficient (Wildman–Crippen LogP) is 3.27. The van der Waals surface area contributed by atoms with Crippen LogP contribution < -0.4 is 10.9 Å². The first-order chi connectivity index (χ1) is 14.1. The Kier molecular flexibility index (Phi) is 5.07. The fourth-order valence-corrected chi connectivity index (χ4v) is 3.14. The second-order valence-electron chi connectivity index (χ2n) is 6.66. The zero-order valence-electron chi connectivity index (χ0n) is 15.6. The molecule has 1 aromatic heterocycles. The van der Waals surface area contributed by atoms with Crippen LogP contribution in [0.25, 0.3) is 22.0 Å². The molecule has 0 aliphatic carbocycles. The molecule has 0 aliphatic rings. The summed E-state index contributed by atoms with van der Waals surface area (Å²) in [5.74, 6) is 0.531. The minimum Gasteiger partial charge on any atom is -0.508 e. The zero-order chi connectivity index (χ0) is 20.2. The number of phenolic OH excluding ortho intramolecular Hbond substituents is 1. The van der Waals surface area contributed by atoms with Crippen molar-refractivity contribution in [3.63, 3.8) is 0 Å². The number of nitrogens with zero attached hydrogens (tertiary/aromatic N) is 1. The van der Waals surface area contributed by atoms with Gasteiger partial charge in [-0.25, -0.2) is 4.98 Å². The molecular formula is C23H19N3O3. The van der Waals surface area contributed by atoms with Crippen LogP contribution in [0.15, 0.2) is 77.6 Å². The van der Waals surface area contributed by atoms with Gasteiger partial charge in [-0.15, -0.1) is 0 Å². The summed E-state index contributed by atoms with van der Waals surface area (Å²) in [7, 11) is 0. The van der Waals surface area contributed by atoms with Gasteiger partial charge in [-0.2, -0.15) is 0 Å². The third kappa shape index (κ3) is 4.16. The molecule has 0 saturated carbocycles. The van der Waals surface area contributed by atoms with Crippen molar-refractivity contribution in [3.8, 4) is 16.9 Å². The van der Waals surface area contributed by atoms with Gasteiger partial charge in [0.15, 0.2) is 0 Å². The Hall–Kier alpha value is -3.93. The van der Waals surface area contributed by atoms with Gasteiger partial charge in [0.05, 0.1) is 10.9 Å².